The zero-order valence-corrected chi connectivity index (χ0v) is 37.2. The minimum atomic E-state index is -4.66. The number of epoxide rings is 1. The third-order valence-corrected chi connectivity index (χ3v) is 9.80. The number of ether oxygens (including phenoxy) is 3. The highest BCUT2D eigenvalue weighted by molar-refractivity contribution is 7.47. The molecule has 0 saturated carbocycles. The first-order valence-corrected chi connectivity index (χ1v) is 23.5. The van der Waals surface area contributed by atoms with Gasteiger partial charge in [0.2, 0.25) is 0 Å². The van der Waals surface area contributed by atoms with E-state index < -0.39 is 51.8 Å². The Hall–Kier alpha value is -3.41. The van der Waals surface area contributed by atoms with Crippen LogP contribution in [-0.2, 0) is 37.4 Å². The molecule has 1 heterocycles. The normalized spacial score (nSPS) is 18.2. The van der Waals surface area contributed by atoms with E-state index in [2.05, 4.69) is 97.4 Å². The summed E-state index contributed by atoms with van der Waals surface area (Å²) >= 11 is 0. The maximum Gasteiger partial charge on any atom is 0.472 e. The SMILES string of the molecule is CC/C=C\C/C=C\C/C=C\C/C=C\C/C=C\C/C=C\CCC(=O)O[C@H](COC(=O)CCC/C=C\C/C=C\C/C=C\CC1OC1CCCCC)COP(=O)(O)OC[C@@H](O)CO. The fraction of sp³-hybridized carbons (Fsp3) is 0.583. The van der Waals surface area contributed by atoms with Crippen molar-refractivity contribution in [2.45, 2.75) is 154 Å². The second kappa shape index (κ2) is 38.5. The molecule has 338 valence electrons. The summed E-state index contributed by atoms with van der Waals surface area (Å²) in [5, 5.41) is 18.3. The van der Waals surface area contributed by atoms with E-state index in [1.165, 1.54) is 25.7 Å². The molecule has 11 nitrogen and oxygen atoms in total. The molecule has 12 heteroatoms. The predicted molar refractivity (Wildman–Crippen MR) is 241 cm³/mol. The molecule has 60 heavy (non-hydrogen) atoms. The molecule has 0 radical (unpaired) electrons. The van der Waals surface area contributed by atoms with E-state index >= 15 is 0 Å². The number of aliphatic hydroxyl groups is 2. The van der Waals surface area contributed by atoms with E-state index in [0.29, 0.717) is 37.9 Å². The Labute approximate surface area is 361 Å². The van der Waals surface area contributed by atoms with Gasteiger partial charge in [-0.25, -0.2) is 4.57 Å². The zero-order valence-electron chi connectivity index (χ0n) is 36.3. The number of esters is 2. The second-order valence-corrected chi connectivity index (χ2v) is 15.8. The highest BCUT2D eigenvalue weighted by Gasteiger charge is 2.36. The lowest BCUT2D eigenvalue weighted by Crippen LogP contribution is -2.29. The number of hydrogen-bond acceptors (Lipinski definition) is 10. The summed E-state index contributed by atoms with van der Waals surface area (Å²) in [6.07, 6.45) is 51.1. The van der Waals surface area contributed by atoms with Crippen molar-refractivity contribution in [1.29, 1.82) is 0 Å². The summed E-state index contributed by atoms with van der Waals surface area (Å²) in [7, 11) is -4.66. The van der Waals surface area contributed by atoms with Crippen LogP contribution in [0.25, 0.3) is 0 Å². The summed E-state index contributed by atoms with van der Waals surface area (Å²) in [5.41, 5.74) is 0. The molecule has 1 aliphatic rings. The molecule has 0 aromatic carbocycles. The summed E-state index contributed by atoms with van der Waals surface area (Å²) < 4.78 is 38.3. The maximum absolute atomic E-state index is 12.6. The topological polar surface area (TPSA) is 161 Å². The summed E-state index contributed by atoms with van der Waals surface area (Å²) in [4.78, 5) is 35.0. The summed E-state index contributed by atoms with van der Waals surface area (Å²) in [6.45, 7) is 2.05. The van der Waals surface area contributed by atoms with Crippen LogP contribution in [0.3, 0.4) is 0 Å². The van der Waals surface area contributed by atoms with Gasteiger partial charge in [0, 0.05) is 12.8 Å². The molecule has 5 atom stereocenters. The van der Waals surface area contributed by atoms with Crippen molar-refractivity contribution in [3.8, 4) is 0 Å². The van der Waals surface area contributed by atoms with Crippen LogP contribution in [0, 0.1) is 0 Å². The van der Waals surface area contributed by atoms with Crippen molar-refractivity contribution in [1.82, 2.24) is 0 Å². The van der Waals surface area contributed by atoms with Gasteiger partial charge in [0.15, 0.2) is 6.10 Å². The minimum Gasteiger partial charge on any atom is -0.462 e. The molecule has 1 aliphatic heterocycles. The van der Waals surface area contributed by atoms with Crippen molar-refractivity contribution in [2.24, 2.45) is 0 Å². The molecule has 0 bridgehead atoms. The van der Waals surface area contributed by atoms with E-state index in [9.17, 15) is 24.2 Å². The molecule has 3 N–H and O–H groups in total. The fourth-order valence-corrected chi connectivity index (χ4v) is 6.19. The molecular formula is C48H75O11P. The highest BCUT2D eigenvalue weighted by Crippen LogP contribution is 2.43. The van der Waals surface area contributed by atoms with Gasteiger partial charge in [-0.3, -0.25) is 18.6 Å². The fourth-order valence-electron chi connectivity index (χ4n) is 5.40. The lowest BCUT2D eigenvalue weighted by molar-refractivity contribution is -0.161. The number of carbonyl (C=O) groups is 2. The van der Waals surface area contributed by atoms with E-state index in [0.717, 1.165) is 51.4 Å². The van der Waals surface area contributed by atoms with Gasteiger partial charge in [0.05, 0.1) is 32.0 Å². The first-order chi connectivity index (χ1) is 29.2. The van der Waals surface area contributed by atoms with Gasteiger partial charge < -0.3 is 29.3 Å². The Balaban J connectivity index is 2.35. The average molecular weight is 859 g/mol. The van der Waals surface area contributed by atoms with Crippen LogP contribution in [0.2, 0.25) is 0 Å². The average Bonchev–Trinajstić information content (AvgIpc) is 3.99. The van der Waals surface area contributed by atoms with Crippen LogP contribution in [0.5, 0.6) is 0 Å². The smallest absolute Gasteiger partial charge is 0.462 e. The monoisotopic (exact) mass is 859 g/mol. The Morgan fingerprint density at radius 2 is 1.13 bits per heavy atom. The van der Waals surface area contributed by atoms with Crippen LogP contribution in [0.1, 0.15) is 129 Å². The highest BCUT2D eigenvalue weighted by atomic mass is 31.2. The number of hydrogen-bond donors (Lipinski definition) is 3. The van der Waals surface area contributed by atoms with Gasteiger partial charge in [0.25, 0.3) is 0 Å². The van der Waals surface area contributed by atoms with Crippen molar-refractivity contribution in [2.75, 3.05) is 26.4 Å². The number of rotatable bonds is 38. The number of phosphoric acid groups is 1. The third kappa shape index (κ3) is 35.4. The molecule has 1 rings (SSSR count). The van der Waals surface area contributed by atoms with Crippen molar-refractivity contribution in [3.05, 3.63) is 109 Å². The second-order valence-electron chi connectivity index (χ2n) is 14.4. The largest absolute Gasteiger partial charge is 0.472 e. The minimum absolute atomic E-state index is 0.0380. The molecule has 3 unspecified atom stereocenters. The number of unbranched alkanes of at least 4 members (excludes halogenated alkanes) is 3. The van der Waals surface area contributed by atoms with Gasteiger partial charge in [-0.1, -0.05) is 142 Å². The zero-order chi connectivity index (χ0) is 43.8. The first kappa shape index (κ1) is 54.6. The summed E-state index contributed by atoms with van der Waals surface area (Å²) in [6, 6.07) is 0. The number of phosphoric ester groups is 1. The van der Waals surface area contributed by atoms with Gasteiger partial charge in [0.1, 0.15) is 12.7 Å². The predicted octanol–water partition coefficient (Wildman–Crippen LogP) is 10.8. The first-order valence-electron chi connectivity index (χ1n) is 22.0. The van der Waals surface area contributed by atoms with Crippen molar-refractivity contribution < 1.29 is 52.5 Å². The molecular weight excluding hydrogens is 783 g/mol. The molecule has 0 amide bonds. The van der Waals surface area contributed by atoms with Gasteiger partial charge in [-0.2, -0.15) is 0 Å². The van der Waals surface area contributed by atoms with E-state index in [1.54, 1.807) is 0 Å². The number of carbonyl (C=O) groups excluding carboxylic acids is 2. The Morgan fingerprint density at radius 1 is 0.617 bits per heavy atom. The molecule has 1 fully saturated rings. The lowest BCUT2D eigenvalue weighted by atomic mass is 10.1. The molecule has 0 aliphatic carbocycles. The van der Waals surface area contributed by atoms with Gasteiger partial charge >= 0.3 is 19.8 Å². The van der Waals surface area contributed by atoms with E-state index in [-0.39, 0.29) is 19.4 Å². The number of allylic oxidation sites excluding steroid dienone is 17. The van der Waals surface area contributed by atoms with Crippen LogP contribution < -0.4 is 0 Å². The van der Waals surface area contributed by atoms with E-state index in [1.807, 2.05) is 30.4 Å². The maximum atomic E-state index is 12.6. The van der Waals surface area contributed by atoms with Crippen molar-refractivity contribution in [3.63, 3.8) is 0 Å². The number of aliphatic hydroxyl groups excluding tert-OH is 2. The standard InChI is InChI=1S/C48H75O11P/c1-3-5-7-8-9-10-11-12-13-14-15-16-17-18-19-24-27-30-34-38-48(52)58-44(42-57-60(53,54)56-40-43(50)39-49)41-55-47(51)37-33-29-26-23-21-20-22-25-28-32-36-46-45(59-46)35-31-6-4-2/h5,7,9-10,12-13,15-16,18-20,22-23,26-28,30,32,43-46,49-50H,3-4,6,8,11,14,17,21,24-25,29,31,33-42H2,1-2H3,(H,53,54)/b7-5-,10-9-,13-12-,16-15-,19-18-,22-20-,26-23-,30-27-,32-28-/t43-,44+,45?,46?/m0/s1. The summed E-state index contributed by atoms with van der Waals surface area (Å²) in [5.74, 6) is -1.11. The van der Waals surface area contributed by atoms with Crippen LogP contribution in [-0.4, -0.2) is 77.9 Å². The Morgan fingerprint density at radius 3 is 1.68 bits per heavy atom. The Kier molecular flexibility index (Phi) is 35.0. The molecule has 0 spiro atoms. The molecule has 0 aromatic heterocycles. The lowest BCUT2D eigenvalue weighted by Gasteiger charge is -2.20. The third-order valence-electron chi connectivity index (χ3n) is 8.85. The quantitative estimate of drug-likeness (QED) is 0.0178. The molecule has 1 saturated heterocycles. The molecule has 0 aromatic rings. The van der Waals surface area contributed by atoms with Crippen LogP contribution in [0.4, 0.5) is 0 Å². The Bertz CT molecular complexity index is 1420. The van der Waals surface area contributed by atoms with Crippen molar-refractivity contribution >= 4 is 19.8 Å². The van der Waals surface area contributed by atoms with Gasteiger partial charge in [-0.15, -0.1) is 0 Å². The van der Waals surface area contributed by atoms with Crippen LogP contribution in [0.15, 0.2) is 109 Å². The van der Waals surface area contributed by atoms with Gasteiger partial charge in [-0.05, 0) is 83.5 Å². The van der Waals surface area contributed by atoms with Crippen LogP contribution >= 0.6 is 7.82 Å². The van der Waals surface area contributed by atoms with E-state index in [4.69, 9.17) is 23.8 Å².